The molecule has 1 N–H and O–H groups in total. The summed E-state index contributed by atoms with van der Waals surface area (Å²) >= 11 is 0. The number of anilines is 1. The minimum absolute atomic E-state index is 0.0922. The molecular weight excluding hydrogens is 304 g/mol. The van der Waals surface area contributed by atoms with E-state index < -0.39 is 10.8 Å². The number of hydrogen-bond donors (Lipinski definition) is 1. The summed E-state index contributed by atoms with van der Waals surface area (Å²) in [6.45, 7) is 0.136. The first-order valence-corrected chi connectivity index (χ1v) is 6.62. The summed E-state index contributed by atoms with van der Waals surface area (Å²) in [6.07, 6.45) is 0. The maximum Gasteiger partial charge on any atom is 0.311 e. The summed E-state index contributed by atoms with van der Waals surface area (Å²) in [5, 5.41) is 13.7. The zero-order valence-electron chi connectivity index (χ0n) is 12.1. The number of ether oxygens (including phenoxy) is 3. The van der Waals surface area contributed by atoms with Crippen molar-refractivity contribution in [2.45, 2.75) is 0 Å². The average molecular weight is 316 g/mol. The molecule has 0 aliphatic carbocycles. The van der Waals surface area contributed by atoms with Crippen LogP contribution in [0.25, 0.3) is 0 Å². The zero-order chi connectivity index (χ0) is 16.4. The van der Waals surface area contributed by atoms with Gasteiger partial charge in [-0.1, -0.05) is 0 Å². The molecule has 0 saturated carbocycles. The highest BCUT2D eigenvalue weighted by Gasteiger charge is 2.19. The van der Waals surface area contributed by atoms with Crippen molar-refractivity contribution in [3.63, 3.8) is 0 Å². The Morgan fingerprint density at radius 3 is 2.74 bits per heavy atom. The molecule has 2 aromatic carbocycles. The summed E-state index contributed by atoms with van der Waals surface area (Å²) in [7, 11) is 1.33. The van der Waals surface area contributed by atoms with Gasteiger partial charge in [-0.2, -0.15) is 0 Å². The van der Waals surface area contributed by atoms with Crippen molar-refractivity contribution in [1.29, 1.82) is 0 Å². The lowest BCUT2D eigenvalue weighted by Gasteiger charge is -2.07. The van der Waals surface area contributed by atoms with Gasteiger partial charge in [0.1, 0.15) is 0 Å². The molecule has 1 heterocycles. The minimum atomic E-state index is -0.601. The van der Waals surface area contributed by atoms with Gasteiger partial charge in [-0.15, -0.1) is 0 Å². The van der Waals surface area contributed by atoms with E-state index in [9.17, 15) is 14.9 Å². The summed E-state index contributed by atoms with van der Waals surface area (Å²) in [5.74, 6) is 0.746. The second kappa shape index (κ2) is 5.84. The Bertz CT molecular complexity index is 790. The molecule has 3 rings (SSSR count). The van der Waals surface area contributed by atoms with E-state index in [0.29, 0.717) is 17.2 Å². The Hall–Kier alpha value is -3.29. The highest BCUT2D eigenvalue weighted by Crippen LogP contribution is 2.34. The van der Waals surface area contributed by atoms with Gasteiger partial charge in [0.25, 0.3) is 5.91 Å². The topological polar surface area (TPSA) is 99.9 Å². The van der Waals surface area contributed by atoms with Gasteiger partial charge in [-0.3, -0.25) is 14.9 Å². The largest absolute Gasteiger partial charge is 0.490 e. The first-order chi connectivity index (χ1) is 11.1. The van der Waals surface area contributed by atoms with Gasteiger partial charge in [-0.25, -0.2) is 0 Å². The molecule has 23 heavy (non-hydrogen) atoms. The van der Waals surface area contributed by atoms with Crippen molar-refractivity contribution < 1.29 is 23.9 Å². The van der Waals surface area contributed by atoms with Gasteiger partial charge in [0.05, 0.1) is 12.0 Å². The van der Waals surface area contributed by atoms with Gasteiger partial charge >= 0.3 is 5.69 Å². The lowest BCUT2D eigenvalue weighted by molar-refractivity contribution is -0.385. The minimum Gasteiger partial charge on any atom is -0.490 e. The van der Waals surface area contributed by atoms with Gasteiger partial charge in [0, 0.05) is 23.4 Å². The molecule has 1 aliphatic rings. The number of benzene rings is 2. The lowest BCUT2D eigenvalue weighted by Crippen LogP contribution is -2.12. The normalized spacial score (nSPS) is 11.9. The van der Waals surface area contributed by atoms with Gasteiger partial charge < -0.3 is 19.5 Å². The van der Waals surface area contributed by atoms with E-state index in [-0.39, 0.29) is 23.8 Å². The molecule has 1 amide bonds. The summed E-state index contributed by atoms with van der Waals surface area (Å²) in [5.41, 5.74) is 0.374. The smallest absolute Gasteiger partial charge is 0.311 e. The van der Waals surface area contributed by atoms with Crippen molar-refractivity contribution in [3.8, 4) is 17.2 Å². The molecule has 8 heteroatoms. The Balaban J connectivity index is 1.83. The van der Waals surface area contributed by atoms with E-state index in [1.54, 1.807) is 18.2 Å². The molecule has 8 nitrogen and oxygen atoms in total. The molecule has 0 unspecified atom stereocenters. The van der Waals surface area contributed by atoms with E-state index in [1.165, 1.54) is 25.3 Å². The molecule has 0 fully saturated rings. The van der Waals surface area contributed by atoms with Gasteiger partial charge in [0.15, 0.2) is 17.2 Å². The molecule has 0 radical (unpaired) electrons. The van der Waals surface area contributed by atoms with Crippen LogP contribution < -0.4 is 19.5 Å². The Kier molecular flexibility index (Phi) is 3.71. The summed E-state index contributed by atoms with van der Waals surface area (Å²) in [4.78, 5) is 22.6. The number of carbonyl (C=O) groups excluding carboxylic acids is 1. The van der Waals surface area contributed by atoms with Crippen LogP contribution in [0.4, 0.5) is 11.4 Å². The van der Waals surface area contributed by atoms with Crippen molar-refractivity contribution in [1.82, 2.24) is 0 Å². The van der Waals surface area contributed by atoms with Crippen molar-refractivity contribution in [2.24, 2.45) is 0 Å². The van der Waals surface area contributed by atoms with Crippen LogP contribution in [0, 0.1) is 10.1 Å². The molecule has 0 atom stereocenters. The fourth-order valence-corrected chi connectivity index (χ4v) is 2.15. The number of methoxy groups -OCH3 is 1. The van der Waals surface area contributed by atoms with Crippen LogP contribution in [0.2, 0.25) is 0 Å². The van der Waals surface area contributed by atoms with E-state index in [0.717, 1.165) is 0 Å². The molecule has 0 bridgehead atoms. The number of carbonyl (C=O) groups is 1. The van der Waals surface area contributed by atoms with Crippen LogP contribution in [0.1, 0.15) is 10.4 Å². The van der Waals surface area contributed by atoms with Crippen LogP contribution in [0.15, 0.2) is 36.4 Å². The molecule has 118 valence electrons. The second-order valence-electron chi connectivity index (χ2n) is 4.67. The zero-order valence-corrected chi connectivity index (χ0v) is 12.1. The third kappa shape index (κ3) is 2.86. The predicted molar refractivity (Wildman–Crippen MR) is 80.2 cm³/mol. The van der Waals surface area contributed by atoms with E-state index in [2.05, 4.69) is 5.32 Å². The molecule has 0 aromatic heterocycles. The first-order valence-electron chi connectivity index (χ1n) is 6.62. The summed E-state index contributed by atoms with van der Waals surface area (Å²) in [6, 6.07) is 8.96. The molecular formula is C15H12N2O6. The molecule has 1 aliphatic heterocycles. The number of nitrogens with zero attached hydrogens (tertiary/aromatic N) is 1. The number of fused-ring (bicyclic) bond motifs is 1. The van der Waals surface area contributed by atoms with Gasteiger partial charge in [-0.05, 0) is 24.3 Å². The maximum atomic E-state index is 12.2. The molecule has 2 aromatic rings. The Morgan fingerprint density at radius 1 is 1.22 bits per heavy atom. The molecule has 0 saturated heterocycles. The van der Waals surface area contributed by atoms with Gasteiger partial charge in [0.2, 0.25) is 6.79 Å². The second-order valence-corrected chi connectivity index (χ2v) is 4.67. The number of hydrogen-bond acceptors (Lipinski definition) is 6. The number of amides is 1. The standard InChI is InChI=1S/C15H12N2O6/c1-21-12-4-2-9(6-11(12)17(19)20)15(18)16-10-3-5-13-14(7-10)23-8-22-13/h2-7H,8H2,1H3,(H,16,18). The maximum absolute atomic E-state index is 12.2. The molecule has 0 spiro atoms. The third-order valence-corrected chi connectivity index (χ3v) is 3.27. The first kappa shape index (κ1) is 14.6. The number of nitro groups is 1. The number of nitro benzene ring substituents is 1. The SMILES string of the molecule is COc1ccc(C(=O)Nc2ccc3c(c2)OCO3)cc1[N+](=O)[O-]. The number of rotatable bonds is 4. The van der Waals surface area contributed by atoms with Crippen molar-refractivity contribution in [3.05, 3.63) is 52.1 Å². The predicted octanol–water partition coefficient (Wildman–Crippen LogP) is 2.58. The van der Waals surface area contributed by atoms with Crippen molar-refractivity contribution >= 4 is 17.3 Å². The summed E-state index contributed by atoms with van der Waals surface area (Å²) < 4.78 is 15.3. The van der Waals surface area contributed by atoms with E-state index >= 15 is 0 Å². The van der Waals surface area contributed by atoms with E-state index in [1.807, 2.05) is 0 Å². The van der Waals surface area contributed by atoms with Crippen LogP contribution >= 0.6 is 0 Å². The van der Waals surface area contributed by atoms with Crippen LogP contribution in [0.3, 0.4) is 0 Å². The van der Waals surface area contributed by atoms with E-state index in [4.69, 9.17) is 14.2 Å². The Morgan fingerprint density at radius 2 is 2.00 bits per heavy atom. The lowest BCUT2D eigenvalue weighted by atomic mass is 10.1. The highest BCUT2D eigenvalue weighted by atomic mass is 16.7. The third-order valence-electron chi connectivity index (χ3n) is 3.27. The Labute approximate surface area is 130 Å². The fourth-order valence-electron chi connectivity index (χ4n) is 2.15. The van der Waals surface area contributed by atoms with Crippen molar-refractivity contribution in [2.75, 3.05) is 19.2 Å². The average Bonchev–Trinajstić information content (AvgIpc) is 3.01. The highest BCUT2D eigenvalue weighted by molar-refractivity contribution is 6.05. The number of nitrogens with one attached hydrogen (secondary N) is 1. The van der Waals surface area contributed by atoms with Crippen LogP contribution in [-0.4, -0.2) is 24.7 Å². The monoisotopic (exact) mass is 316 g/mol. The van der Waals surface area contributed by atoms with Crippen LogP contribution in [0.5, 0.6) is 17.2 Å². The van der Waals surface area contributed by atoms with Crippen LogP contribution in [-0.2, 0) is 0 Å². The quantitative estimate of drug-likeness (QED) is 0.687. The fraction of sp³-hybridized carbons (Fsp3) is 0.133.